The number of hydrogen-bond acceptors (Lipinski definition) is 2. The maximum absolute atomic E-state index is 13.1. The van der Waals surface area contributed by atoms with E-state index in [1.54, 1.807) is 6.20 Å². The molecule has 2 rings (SSSR count). The van der Waals surface area contributed by atoms with E-state index in [9.17, 15) is 4.79 Å². The zero-order valence-corrected chi connectivity index (χ0v) is 12.5. The van der Waals surface area contributed by atoms with Crippen LogP contribution in [0.1, 0.15) is 49.8 Å². The van der Waals surface area contributed by atoms with Crippen molar-refractivity contribution in [3.05, 3.63) is 54.1 Å². The van der Waals surface area contributed by atoms with Crippen LogP contribution in [-0.2, 0) is 12.0 Å². The zero-order valence-electron chi connectivity index (χ0n) is 12.5. The first-order chi connectivity index (χ1) is 9.69. The number of imidazole rings is 1. The highest BCUT2D eigenvalue weighted by Crippen LogP contribution is 2.34. The molecule has 0 aliphatic rings. The van der Waals surface area contributed by atoms with Crippen molar-refractivity contribution in [1.29, 1.82) is 0 Å². The van der Waals surface area contributed by atoms with E-state index in [1.165, 1.54) is 0 Å². The van der Waals surface area contributed by atoms with E-state index in [2.05, 4.69) is 18.8 Å². The molecule has 0 saturated carbocycles. The van der Waals surface area contributed by atoms with Gasteiger partial charge in [0.2, 0.25) is 5.78 Å². The van der Waals surface area contributed by atoms with E-state index in [1.807, 2.05) is 48.0 Å². The standard InChI is InChI=1S/C17H22N2O/c1-4-17(5-2,14-10-8-7-9-11-14)15(20)16-18-12-13-19(16)6-3/h7-13H,4-6H2,1-3H3. The van der Waals surface area contributed by atoms with Gasteiger partial charge < -0.3 is 4.57 Å². The molecule has 1 aromatic carbocycles. The molecule has 0 unspecified atom stereocenters. The first-order valence-electron chi connectivity index (χ1n) is 7.31. The summed E-state index contributed by atoms with van der Waals surface area (Å²) in [5.41, 5.74) is 0.611. The number of carbonyl (C=O) groups is 1. The summed E-state index contributed by atoms with van der Waals surface area (Å²) < 4.78 is 1.92. The first-order valence-corrected chi connectivity index (χ1v) is 7.31. The quantitative estimate of drug-likeness (QED) is 0.747. The molecule has 0 atom stereocenters. The van der Waals surface area contributed by atoms with Crippen LogP contribution in [0.4, 0.5) is 0 Å². The number of nitrogens with zero attached hydrogens (tertiary/aromatic N) is 2. The van der Waals surface area contributed by atoms with Crippen molar-refractivity contribution in [3.63, 3.8) is 0 Å². The van der Waals surface area contributed by atoms with Gasteiger partial charge in [0.05, 0.1) is 5.41 Å². The first kappa shape index (κ1) is 14.5. The summed E-state index contributed by atoms with van der Waals surface area (Å²) >= 11 is 0. The lowest BCUT2D eigenvalue weighted by Crippen LogP contribution is -2.36. The maximum atomic E-state index is 13.1. The average Bonchev–Trinajstić information content (AvgIpc) is 2.98. The van der Waals surface area contributed by atoms with Gasteiger partial charge in [-0.25, -0.2) is 4.98 Å². The summed E-state index contributed by atoms with van der Waals surface area (Å²) in [6.07, 6.45) is 5.14. The fourth-order valence-corrected chi connectivity index (χ4v) is 2.86. The van der Waals surface area contributed by atoms with Gasteiger partial charge in [0.25, 0.3) is 0 Å². The minimum atomic E-state index is -0.473. The predicted molar refractivity (Wildman–Crippen MR) is 80.9 cm³/mol. The SMILES string of the molecule is CCn1ccnc1C(=O)C(CC)(CC)c1ccccc1. The molecule has 2 aromatic rings. The second-order valence-corrected chi connectivity index (χ2v) is 5.02. The molecule has 0 spiro atoms. The van der Waals surface area contributed by atoms with E-state index in [0.717, 1.165) is 24.9 Å². The van der Waals surface area contributed by atoms with Crippen molar-refractivity contribution >= 4 is 5.78 Å². The number of hydrogen-bond donors (Lipinski definition) is 0. The van der Waals surface area contributed by atoms with Gasteiger partial charge in [-0.2, -0.15) is 0 Å². The fourth-order valence-electron chi connectivity index (χ4n) is 2.86. The van der Waals surface area contributed by atoms with Gasteiger partial charge >= 0.3 is 0 Å². The summed E-state index contributed by atoms with van der Waals surface area (Å²) in [5, 5.41) is 0. The molecule has 0 aliphatic heterocycles. The van der Waals surface area contributed by atoms with Gasteiger partial charge in [0.15, 0.2) is 5.82 Å². The zero-order chi connectivity index (χ0) is 14.6. The van der Waals surface area contributed by atoms with Gasteiger partial charge in [-0.15, -0.1) is 0 Å². The van der Waals surface area contributed by atoms with Crippen LogP contribution in [0.2, 0.25) is 0 Å². The summed E-state index contributed by atoms with van der Waals surface area (Å²) in [6.45, 7) is 6.95. The molecule has 20 heavy (non-hydrogen) atoms. The third kappa shape index (κ3) is 2.28. The molecule has 0 fully saturated rings. The monoisotopic (exact) mass is 270 g/mol. The number of ketones is 1. The second kappa shape index (κ2) is 6.04. The van der Waals surface area contributed by atoms with Crippen LogP contribution in [0.5, 0.6) is 0 Å². The molecule has 1 heterocycles. The summed E-state index contributed by atoms with van der Waals surface area (Å²) in [6, 6.07) is 10.1. The predicted octanol–water partition coefficient (Wildman–Crippen LogP) is 3.84. The molecule has 106 valence electrons. The van der Waals surface area contributed by atoms with Crippen molar-refractivity contribution < 1.29 is 4.79 Å². The Morgan fingerprint density at radius 1 is 1.15 bits per heavy atom. The number of carbonyl (C=O) groups excluding carboxylic acids is 1. The van der Waals surface area contributed by atoms with Crippen LogP contribution in [0.15, 0.2) is 42.7 Å². The Bertz CT molecular complexity index is 568. The maximum Gasteiger partial charge on any atom is 0.208 e. The Hall–Kier alpha value is -1.90. The second-order valence-electron chi connectivity index (χ2n) is 5.02. The number of benzene rings is 1. The van der Waals surface area contributed by atoms with Crippen LogP contribution in [0.3, 0.4) is 0 Å². The van der Waals surface area contributed by atoms with Crippen molar-refractivity contribution in [2.45, 2.75) is 45.6 Å². The minimum Gasteiger partial charge on any atom is -0.329 e. The molecule has 0 amide bonds. The minimum absolute atomic E-state index is 0.126. The molecule has 0 radical (unpaired) electrons. The smallest absolute Gasteiger partial charge is 0.208 e. The molecule has 3 nitrogen and oxygen atoms in total. The highest BCUT2D eigenvalue weighted by atomic mass is 16.1. The van der Waals surface area contributed by atoms with E-state index >= 15 is 0 Å². The third-order valence-electron chi connectivity index (χ3n) is 4.23. The van der Waals surface area contributed by atoms with Crippen LogP contribution < -0.4 is 0 Å². The van der Waals surface area contributed by atoms with Crippen LogP contribution >= 0.6 is 0 Å². The lowest BCUT2D eigenvalue weighted by molar-refractivity contribution is 0.0857. The molecule has 0 aliphatic carbocycles. The Morgan fingerprint density at radius 2 is 1.80 bits per heavy atom. The highest BCUT2D eigenvalue weighted by molar-refractivity contribution is 6.01. The van der Waals surface area contributed by atoms with Crippen molar-refractivity contribution in [1.82, 2.24) is 9.55 Å². The van der Waals surface area contributed by atoms with E-state index in [0.29, 0.717) is 5.82 Å². The Kier molecular flexibility index (Phi) is 4.38. The van der Waals surface area contributed by atoms with Gasteiger partial charge in [0.1, 0.15) is 0 Å². The molecule has 0 saturated heterocycles. The summed E-state index contributed by atoms with van der Waals surface area (Å²) in [5.74, 6) is 0.695. The lowest BCUT2D eigenvalue weighted by Gasteiger charge is -2.30. The summed E-state index contributed by atoms with van der Waals surface area (Å²) in [7, 11) is 0. The molecule has 1 aromatic heterocycles. The van der Waals surface area contributed by atoms with Crippen molar-refractivity contribution in [2.24, 2.45) is 0 Å². The van der Waals surface area contributed by atoms with Gasteiger partial charge in [-0.1, -0.05) is 44.2 Å². The molecule has 3 heteroatoms. The Labute approximate surface area is 120 Å². The van der Waals surface area contributed by atoms with Gasteiger partial charge in [-0.3, -0.25) is 4.79 Å². The number of rotatable bonds is 6. The average molecular weight is 270 g/mol. The van der Waals surface area contributed by atoms with E-state index in [4.69, 9.17) is 0 Å². The van der Waals surface area contributed by atoms with E-state index < -0.39 is 5.41 Å². The van der Waals surface area contributed by atoms with Crippen molar-refractivity contribution in [2.75, 3.05) is 0 Å². The fraction of sp³-hybridized carbons (Fsp3) is 0.412. The van der Waals surface area contributed by atoms with E-state index in [-0.39, 0.29) is 5.78 Å². The normalized spacial score (nSPS) is 11.6. The van der Waals surface area contributed by atoms with Crippen LogP contribution in [0.25, 0.3) is 0 Å². The molecule has 0 bridgehead atoms. The number of Topliss-reactive ketones (excluding diaryl/α,β-unsaturated/α-hetero) is 1. The van der Waals surface area contributed by atoms with Gasteiger partial charge in [0, 0.05) is 18.9 Å². The molecule has 0 N–H and O–H groups in total. The highest BCUT2D eigenvalue weighted by Gasteiger charge is 2.39. The molecular formula is C17H22N2O. The van der Waals surface area contributed by atoms with Crippen LogP contribution in [-0.4, -0.2) is 15.3 Å². The Balaban J connectivity index is 2.51. The largest absolute Gasteiger partial charge is 0.329 e. The van der Waals surface area contributed by atoms with Crippen molar-refractivity contribution in [3.8, 4) is 0 Å². The topological polar surface area (TPSA) is 34.9 Å². The van der Waals surface area contributed by atoms with Crippen LogP contribution in [0, 0.1) is 0 Å². The lowest BCUT2D eigenvalue weighted by atomic mass is 9.72. The van der Waals surface area contributed by atoms with Gasteiger partial charge in [-0.05, 0) is 25.3 Å². The third-order valence-corrected chi connectivity index (χ3v) is 4.23. The Morgan fingerprint density at radius 3 is 2.35 bits per heavy atom. The number of aryl methyl sites for hydroxylation is 1. The molecular weight excluding hydrogens is 248 g/mol. The number of aromatic nitrogens is 2. The summed E-state index contributed by atoms with van der Waals surface area (Å²) in [4.78, 5) is 17.4.